The Bertz CT molecular complexity index is 914. The SMILES string of the molecule is O=C(COC(=O)C=Cc1cccc(C(F)(F)F)c1)NCCc1ccc(Cl)cc1Cl. The predicted molar refractivity (Wildman–Crippen MR) is 105 cm³/mol. The molecule has 0 saturated carbocycles. The maximum Gasteiger partial charge on any atom is 0.416 e. The number of nitrogens with one attached hydrogen (secondary N) is 1. The summed E-state index contributed by atoms with van der Waals surface area (Å²) >= 11 is 11.8. The number of amides is 1. The van der Waals surface area contributed by atoms with Gasteiger partial charge in [-0.2, -0.15) is 13.2 Å². The summed E-state index contributed by atoms with van der Waals surface area (Å²) in [6, 6.07) is 9.49. The smallest absolute Gasteiger partial charge is 0.416 e. The predicted octanol–water partition coefficient (Wildman–Crippen LogP) is 4.93. The van der Waals surface area contributed by atoms with Gasteiger partial charge in [-0.25, -0.2) is 4.79 Å². The first-order valence-electron chi connectivity index (χ1n) is 8.38. The number of halogens is 5. The van der Waals surface area contributed by atoms with Crippen LogP contribution < -0.4 is 5.32 Å². The highest BCUT2D eigenvalue weighted by Gasteiger charge is 2.30. The average molecular weight is 446 g/mol. The highest BCUT2D eigenvalue weighted by atomic mass is 35.5. The normalized spacial score (nSPS) is 11.5. The topological polar surface area (TPSA) is 55.4 Å². The number of hydrogen-bond acceptors (Lipinski definition) is 3. The van der Waals surface area contributed by atoms with Crippen molar-refractivity contribution in [1.29, 1.82) is 0 Å². The van der Waals surface area contributed by atoms with Gasteiger partial charge in [-0.15, -0.1) is 0 Å². The number of ether oxygens (including phenoxy) is 1. The number of benzene rings is 2. The van der Waals surface area contributed by atoms with Crippen LogP contribution in [0.2, 0.25) is 10.0 Å². The van der Waals surface area contributed by atoms with Crippen LogP contribution in [0.15, 0.2) is 48.5 Å². The number of esters is 1. The fourth-order valence-corrected chi connectivity index (χ4v) is 2.78. The minimum Gasteiger partial charge on any atom is -0.452 e. The molecule has 0 spiro atoms. The molecule has 0 atom stereocenters. The first kappa shape index (κ1) is 22.8. The van der Waals surface area contributed by atoms with E-state index in [1.807, 2.05) is 0 Å². The standard InChI is InChI=1S/C20H16Cl2F3NO3/c21-16-6-5-14(17(22)11-16)8-9-26-18(27)12-29-19(28)7-4-13-2-1-3-15(10-13)20(23,24)25/h1-7,10-11H,8-9,12H2,(H,26,27). The van der Waals surface area contributed by atoms with E-state index < -0.39 is 30.2 Å². The third kappa shape index (κ3) is 7.79. The molecule has 4 nitrogen and oxygen atoms in total. The summed E-state index contributed by atoms with van der Waals surface area (Å²) in [5.74, 6) is -1.37. The van der Waals surface area contributed by atoms with Crippen molar-refractivity contribution >= 4 is 41.2 Å². The van der Waals surface area contributed by atoms with Crippen LogP contribution in [-0.2, 0) is 26.9 Å². The lowest BCUT2D eigenvalue weighted by Crippen LogP contribution is -2.30. The van der Waals surface area contributed by atoms with Gasteiger partial charge in [0, 0.05) is 22.7 Å². The minimum absolute atomic E-state index is 0.182. The van der Waals surface area contributed by atoms with Crippen molar-refractivity contribution in [3.05, 3.63) is 75.3 Å². The molecule has 0 saturated heterocycles. The molecule has 0 aliphatic heterocycles. The van der Waals surface area contributed by atoms with Crippen molar-refractivity contribution in [3.63, 3.8) is 0 Å². The largest absolute Gasteiger partial charge is 0.452 e. The zero-order valence-corrected chi connectivity index (χ0v) is 16.4. The summed E-state index contributed by atoms with van der Waals surface area (Å²) in [6.07, 6.45) is -1.88. The highest BCUT2D eigenvalue weighted by molar-refractivity contribution is 6.35. The lowest BCUT2D eigenvalue weighted by atomic mass is 10.1. The average Bonchev–Trinajstić information content (AvgIpc) is 2.66. The Morgan fingerprint density at radius 3 is 2.55 bits per heavy atom. The number of carbonyl (C=O) groups excluding carboxylic acids is 2. The minimum atomic E-state index is -4.47. The third-order valence-electron chi connectivity index (χ3n) is 3.70. The van der Waals surface area contributed by atoms with Crippen LogP contribution in [0.1, 0.15) is 16.7 Å². The molecule has 0 unspecified atom stereocenters. The Morgan fingerprint density at radius 1 is 1.10 bits per heavy atom. The second kappa shape index (κ2) is 10.3. The van der Waals surface area contributed by atoms with E-state index in [1.165, 1.54) is 18.2 Å². The Hall–Kier alpha value is -2.51. The van der Waals surface area contributed by atoms with Crippen LogP contribution in [0.3, 0.4) is 0 Å². The first-order valence-corrected chi connectivity index (χ1v) is 9.13. The number of rotatable bonds is 7. The van der Waals surface area contributed by atoms with Crippen LogP contribution in [0.25, 0.3) is 6.08 Å². The van der Waals surface area contributed by atoms with Gasteiger partial charge in [0.2, 0.25) is 0 Å². The molecule has 29 heavy (non-hydrogen) atoms. The lowest BCUT2D eigenvalue weighted by molar-refractivity contribution is -0.143. The van der Waals surface area contributed by atoms with Crippen molar-refractivity contribution in [2.45, 2.75) is 12.6 Å². The van der Waals surface area contributed by atoms with E-state index in [1.54, 1.807) is 18.2 Å². The van der Waals surface area contributed by atoms with Crippen LogP contribution >= 0.6 is 23.2 Å². The molecule has 0 aliphatic rings. The Labute approximate surface area is 175 Å². The Balaban J connectivity index is 1.75. The van der Waals surface area contributed by atoms with E-state index in [0.29, 0.717) is 16.5 Å². The molecule has 0 fully saturated rings. The van der Waals surface area contributed by atoms with E-state index in [9.17, 15) is 22.8 Å². The second-order valence-electron chi connectivity index (χ2n) is 5.90. The maximum atomic E-state index is 12.7. The van der Waals surface area contributed by atoms with Gasteiger partial charge in [-0.1, -0.05) is 41.4 Å². The van der Waals surface area contributed by atoms with Gasteiger partial charge in [0.15, 0.2) is 6.61 Å². The molecular formula is C20H16Cl2F3NO3. The van der Waals surface area contributed by atoms with Crippen LogP contribution in [0.4, 0.5) is 13.2 Å². The van der Waals surface area contributed by atoms with Crippen LogP contribution in [0.5, 0.6) is 0 Å². The monoisotopic (exact) mass is 445 g/mol. The fourth-order valence-electron chi connectivity index (χ4n) is 2.28. The zero-order valence-electron chi connectivity index (χ0n) is 14.9. The molecular weight excluding hydrogens is 430 g/mol. The van der Waals surface area contributed by atoms with Crippen LogP contribution in [0, 0.1) is 0 Å². The van der Waals surface area contributed by atoms with Crippen molar-refractivity contribution in [2.24, 2.45) is 0 Å². The summed E-state index contributed by atoms with van der Waals surface area (Å²) in [5, 5.41) is 3.56. The summed E-state index contributed by atoms with van der Waals surface area (Å²) in [7, 11) is 0. The quantitative estimate of drug-likeness (QED) is 0.485. The number of carbonyl (C=O) groups is 2. The van der Waals surface area contributed by atoms with Gasteiger partial charge in [0.25, 0.3) is 5.91 Å². The maximum absolute atomic E-state index is 12.7. The van der Waals surface area contributed by atoms with Crippen molar-refractivity contribution in [2.75, 3.05) is 13.2 Å². The molecule has 0 aromatic heterocycles. The molecule has 0 heterocycles. The van der Waals surface area contributed by atoms with Gasteiger partial charge in [-0.05, 0) is 47.9 Å². The lowest BCUT2D eigenvalue weighted by Gasteiger charge is -2.07. The summed E-state index contributed by atoms with van der Waals surface area (Å²) < 4.78 is 42.7. The molecule has 154 valence electrons. The molecule has 2 aromatic rings. The summed E-state index contributed by atoms with van der Waals surface area (Å²) in [5.41, 5.74) is 0.159. The van der Waals surface area contributed by atoms with Crippen LogP contribution in [-0.4, -0.2) is 25.0 Å². The van der Waals surface area contributed by atoms with Gasteiger partial charge in [0.1, 0.15) is 0 Å². The third-order valence-corrected chi connectivity index (χ3v) is 4.29. The molecule has 0 aliphatic carbocycles. The highest BCUT2D eigenvalue weighted by Crippen LogP contribution is 2.29. The fraction of sp³-hybridized carbons (Fsp3) is 0.200. The first-order chi connectivity index (χ1) is 13.6. The molecule has 9 heteroatoms. The molecule has 2 rings (SSSR count). The van der Waals surface area contributed by atoms with Crippen molar-refractivity contribution in [1.82, 2.24) is 5.32 Å². The van der Waals surface area contributed by atoms with E-state index in [2.05, 4.69) is 5.32 Å². The molecule has 2 aromatic carbocycles. The molecule has 0 radical (unpaired) electrons. The number of hydrogen-bond donors (Lipinski definition) is 1. The molecule has 0 bridgehead atoms. The van der Waals surface area contributed by atoms with Crippen molar-refractivity contribution < 1.29 is 27.5 Å². The number of alkyl halides is 3. The van der Waals surface area contributed by atoms with Gasteiger partial charge in [-0.3, -0.25) is 4.79 Å². The second-order valence-corrected chi connectivity index (χ2v) is 6.74. The van der Waals surface area contributed by atoms with E-state index in [4.69, 9.17) is 27.9 Å². The van der Waals surface area contributed by atoms with E-state index in [0.717, 1.165) is 23.8 Å². The summed E-state index contributed by atoms with van der Waals surface area (Å²) in [6.45, 7) is -0.238. The van der Waals surface area contributed by atoms with Gasteiger partial charge < -0.3 is 10.1 Å². The zero-order chi connectivity index (χ0) is 21.4. The van der Waals surface area contributed by atoms with Gasteiger partial charge >= 0.3 is 12.1 Å². The molecule has 1 N–H and O–H groups in total. The van der Waals surface area contributed by atoms with Crippen molar-refractivity contribution in [3.8, 4) is 0 Å². The van der Waals surface area contributed by atoms with E-state index >= 15 is 0 Å². The molecule has 1 amide bonds. The summed E-state index contributed by atoms with van der Waals surface area (Å²) in [4.78, 5) is 23.3. The Morgan fingerprint density at radius 2 is 1.86 bits per heavy atom. The Kier molecular flexibility index (Phi) is 8.10. The van der Waals surface area contributed by atoms with Gasteiger partial charge in [0.05, 0.1) is 5.56 Å². The van der Waals surface area contributed by atoms with E-state index in [-0.39, 0.29) is 12.1 Å².